The smallest absolute Gasteiger partial charge is 0.305 e. The Bertz CT molecular complexity index is 464. The minimum atomic E-state index is -0.147. The van der Waals surface area contributed by atoms with E-state index in [-0.39, 0.29) is 5.97 Å². The molecule has 0 aliphatic carbocycles. The van der Waals surface area contributed by atoms with Crippen LogP contribution in [0.25, 0.3) is 0 Å². The molecule has 0 aromatic rings. The molecule has 234 valence electrons. The van der Waals surface area contributed by atoms with E-state index in [0.29, 0.717) is 85.7 Å². The average molecular weight is 563 g/mol. The van der Waals surface area contributed by atoms with Crippen LogP contribution in [0, 0.1) is 0 Å². The molecule has 8 heteroatoms. The summed E-state index contributed by atoms with van der Waals surface area (Å²) in [5, 5.41) is 0. The van der Waals surface area contributed by atoms with Gasteiger partial charge in [0.1, 0.15) is 6.61 Å². The first-order valence-corrected chi connectivity index (χ1v) is 15.9. The van der Waals surface area contributed by atoms with E-state index in [1.807, 2.05) is 0 Å². The Morgan fingerprint density at radius 2 is 0.667 bits per heavy atom. The van der Waals surface area contributed by atoms with Gasteiger partial charge in [0.25, 0.3) is 0 Å². The largest absolute Gasteiger partial charge is 0.463 e. The second-order valence-corrected chi connectivity index (χ2v) is 9.89. The van der Waals surface area contributed by atoms with Gasteiger partial charge in [-0.15, -0.1) is 0 Å². The van der Waals surface area contributed by atoms with Gasteiger partial charge < -0.3 is 33.2 Å². The summed E-state index contributed by atoms with van der Waals surface area (Å²) in [6, 6.07) is 0. The van der Waals surface area contributed by atoms with Crippen LogP contribution < -0.4 is 0 Å². The highest BCUT2D eigenvalue weighted by atomic mass is 16.6. The lowest BCUT2D eigenvalue weighted by Crippen LogP contribution is -2.15. The third-order valence-corrected chi connectivity index (χ3v) is 6.23. The second kappa shape index (κ2) is 35.3. The summed E-state index contributed by atoms with van der Waals surface area (Å²) in [5.41, 5.74) is 0. The molecule has 39 heavy (non-hydrogen) atoms. The molecule has 0 aliphatic rings. The Hall–Kier alpha value is -0.770. The van der Waals surface area contributed by atoms with Crippen molar-refractivity contribution >= 4 is 5.97 Å². The van der Waals surface area contributed by atoms with Crippen molar-refractivity contribution in [3.05, 3.63) is 0 Å². The van der Waals surface area contributed by atoms with E-state index < -0.39 is 0 Å². The summed E-state index contributed by atoms with van der Waals surface area (Å²) in [5.74, 6) is -0.147. The number of ether oxygens (including phenoxy) is 7. The quantitative estimate of drug-likeness (QED) is 0.0648. The van der Waals surface area contributed by atoms with Gasteiger partial charge in [0.15, 0.2) is 0 Å². The van der Waals surface area contributed by atoms with Gasteiger partial charge in [0, 0.05) is 13.0 Å². The van der Waals surface area contributed by atoms with Crippen molar-refractivity contribution in [3.8, 4) is 0 Å². The zero-order chi connectivity index (χ0) is 28.3. The van der Waals surface area contributed by atoms with Crippen LogP contribution in [-0.4, -0.2) is 91.9 Å². The van der Waals surface area contributed by atoms with Gasteiger partial charge in [-0.25, -0.2) is 0 Å². The fraction of sp³-hybridized carbons (Fsp3) is 0.968. The van der Waals surface area contributed by atoms with Crippen LogP contribution in [0.15, 0.2) is 0 Å². The van der Waals surface area contributed by atoms with Gasteiger partial charge in [0.05, 0.1) is 72.7 Å². The first kappa shape index (κ1) is 38.2. The van der Waals surface area contributed by atoms with Crippen molar-refractivity contribution < 1.29 is 38.0 Å². The van der Waals surface area contributed by atoms with Crippen molar-refractivity contribution in [3.63, 3.8) is 0 Å². The summed E-state index contributed by atoms with van der Waals surface area (Å²) < 4.78 is 38.1. The Labute approximate surface area is 240 Å². The monoisotopic (exact) mass is 562 g/mol. The van der Waals surface area contributed by atoms with E-state index in [0.717, 1.165) is 32.3 Å². The van der Waals surface area contributed by atoms with Gasteiger partial charge in [-0.1, -0.05) is 90.9 Å². The molecular weight excluding hydrogens is 500 g/mol. The average Bonchev–Trinajstić information content (AvgIpc) is 2.94. The van der Waals surface area contributed by atoms with Gasteiger partial charge in [-0.2, -0.15) is 0 Å². The summed E-state index contributed by atoms with van der Waals surface area (Å²) in [6.45, 7) is 11.4. The van der Waals surface area contributed by atoms with Crippen LogP contribution in [0.2, 0.25) is 0 Å². The highest BCUT2D eigenvalue weighted by Crippen LogP contribution is 2.11. The minimum absolute atomic E-state index is 0.147. The lowest BCUT2D eigenvalue weighted by molar-refractivity contribution is -0.145. The predicted molar refractivity (Wildman–Crippen MR) is 156 cm³/mol. The number of hydrogen-bond donors (Lipinski definition) is 0. The molecule has 0 aromatic carbocycles. The van der Waals surface area contributed by atoms with E-state index in [2.05, 4.69) is 13.8 Å². The van der Waals surface area contributed by atoms with Gasteiger partial charge >= 0.3 is 5.97 Å². The van der Waals surface area contributed by atoms with E-state index >= 15 is 0 Å². The highest BCUT2D eigenvalue weighted by molar-refractivity contribution is 5.69. The fourth-order valence-electron chi connectivity index (χ4n) is 3.88. The number of rotatable bonds is 34. The van der Waals surface area contributed by atoms with Gasteiger partial charge in [-0.05, 0) is 12.8 Å². The molecule has 0 fully saturated rings. The maximum atomic E-state index is 11.4. The molecule has 0 saturated carbocycles. The lowest BCUT2D eigenvalue weighted by atomic mass is 10.1. The first-order chi connectivity index (χ1) is 19.3. The van der Waals surface area contributed by atoms with Crippen molar-refractivity contribution in [2.24, 2.45) is 0 Å². The van der Waals surface area contributed by atoms with Crippen molar-refractivity contribution in [2.75, 3.05) is 85.9 Å². The fourth-order valence-corrected chi connectivity index (χ4v) is 3.88. The molecule has 0 saturated heterocycles. The molecule has 0 amide bonds. The maximum absolute atomic E-state index is 11.4. The number of unbranched alkanes of at least 4 members (excludes halogenated alkanes) is 12. The molecule has 0 unspecified atom stereocenters. The van der Waals surface area contributed by atoms with Crippen molar-refractivity contribution in [2.45, 2.75) is 110 Å². The number of hydrogen-bond acceptors (Lipinski definition) is 8. The Balaban J connectivity index is 3.06. The van der Waals surface area contributed by atoms with E-state index in [4.69, 9.17) is 33.2 Å². The molecule has 0 rings (SSSR count). The summed E-state index contributed by atoms with van der Waals surface area (Å²) in [6.07, 6.45) is 18.4. The highest BCUT2D eigenvalue weighted by Gasteiger charge is 2.02. The zero-order valence-corrected chi connectivity index (χ0v) is 25.6. The number of carbonyl (C=O) groups is 1. The Morgan fingerprint density at radius 1 is 0.359 bits per heavy atom. The molecule has 0 atom stereocenters. The molecule has 0 spiro atoms. The van der Waals surface area contributed by atoms with Crippen LogP contribution in [0.3, 0.4) is 0 Å². The molecular formula is C31H62O8. The van der Waals surface area contributed by atoms with Crippen molar-refractivity contribution in [1.29, 1.82) is 0 Å². The predicted octanol–water partition coefficient (Wildman–Crippen LogP) is 6.52. The SMILES string of the molecule is CCCCCCCCCCCCCOCCOCCOCCOCCOCCOCCOC(=O)CCCCC. The maximum Gasteiger partial charge on any atom is 0.305 e. The van der Waals surface area contributed by atoms with Crippen LogP contribution in [0.1, 0.15) is 110 Å². The molecule has 0 radical (unpaired) electrons. The standard InChI is InChI=1S/C31H62O8/c1-3-5-7-8-9-10-11-12-13-14-16-18-33-19-20-34-21-22-35-23-24-36-25-26-37-27-28-38-29-30-39-31(32)17-15-6-4-2/h3-30H2,1-2H3. The van der Waals surface area contributed by atoms with Crippen molar-refractivity contribution in [1.82, 2.24) is 0 Å². The van der Waals surface area contributed by atoms with Gasteiger partial charge in [0.2, 0.25) is 0 Å². The van der Waals surface area contributed by atoms with Crippen LogP contribution in [0.5, 0.6) is 0 Å². The molecule has 0 aromatic heterocycles. The Kier molecular flexibility index (Phi) is 34.6. The molecule has 0 aliphatic heterocycles. The van der Waals surface area contributed by atoms with Crippen LogP contribution >= 0.6 is 0 Å². The molecule has 0 bridgehead atoms. The second-order valence-electron chi connectivity index (χ2n) is 9.89. The van der Waals surface area contributed by atoms with Crippen LogP contribution in [-0.2, 0) is 38.0 Å². The summed E-state index contributed by atoms with van der Waals surface area (Å²) >= 11 is 0. The summed E-state index contributed by atoms with van der Waals surface area (Å²) in [7, 11) is 0. The third-order valence-electron chi connectivity index (χ3n) is 6.23. The van der Waals surface area contributed by atoms with Gasteiger partial charge in [-0.3, -0.25) is 4.79 Å². The van der Waals surface area contributed by atoms with E-state index in [1.54, 1.807) is 0 Å². The zero-order valence-electron chi connectivity index (χ0n) is 25.6. The molecule has 0 N–H and O–H groups in total. The normalized spacial score (nSPS) is 11.3. The molecule has 0 heterocycles. The Morgan fingerprint density at radius 3 is 1.08 bits per heavy atom. The third kappa shape index (κ3) is 35.2. The number of esters is 1. The first-order valence-electron chi connectivity index (χ1n) is 15.9. The topological polar surface area (TPSA) is 81.7 Å². The number of carbonyl (C=O) groups excluding carboxylic acids is 1. The lowest BCUT2D eigenvalue weighted by Gasteiger charge is -2.08. The minimum Gasteiger partial charge on any atom is -0.463 e. The van der Waals surface area contributed by atoms with E-state index in [9.17, 15) is 4.79 Å². The van der Waals surface area contributed by atoms with Crippen LogP contribution in [0.4, 0.5) is 0 Å². The van der Waals surface area contributed by atoms with E-state index in [1.165, 1.54) is 64.2 Å². The molecule has 8 nitrogen and oxygen atoms in total. The summed E-state index contributed by atoms with van der Waals surface area (Å²) in [4.78, 5) is 11.4.